The number of carbonyl (C=O) groups excluding carboxylic acids is 1. The van der Waals surface area contributed by atoms with Crippen LogP contribution in [0.4, 0.5) is 0 Å². The normalized spacial score (nSPS) is 10.5. The van der Waals surface area contributed by atoms with Gasteiger partial charge in [-0.15, -0.1) is 0 Å². The molecule has 0 aliphatic heterocycles. The molecule has 6 heteroatoms. The molecule has 0 aliphatic rings. The second-order valence-corrected chi connectivity index (χ2v) is 5.82. The molecule has 134 valence electrons. The van der Waals surface area contributed by atoms with E-state index in [-0.39, 0.29) is 12.5 Å². The standard InChI is InChI=1S/C20H19NO5/c1-13-9-20(23)26-18-10-16(7-8-17(13)18)25-12-19(22)21-11-14-3-5-15(24-2)6-4-14/h3-10H,11-12H2,1-2H3,(H,21,22). The van der Waals surface area contributed by atoms with Gasteiger partial charge in [0, 0.05) is 24.1 Å². The molecule has 0 radical (unpaired) electrons. The number of ether oxygens (including phenoxy) is 2. The number of amides is 1. The van der Waals surface area contributed by atoms with E-state index in [9.17, 15) is 9.59 Å². The average Bonchev–Trinajstić information content (AvgIpc) is 2.64. The Balaban J connectivity index is 1.57. The van der Waals surface area contributed by atoms with Gasteiger partial charge in [0.05, 0.1) is 7.11 Å². The fourth-order valence-electron chi connectivity index (χ4n) is 2.54. The first kappa shape index (κ1) is 17.5. The summed E-state index contributed by atoms with van der Waals surface area (Å²) in [5.74, 6) is 0.985. The molecular formula is C20H19NO5. The van der Waals surface area contributed by atoms with Crippen molar-refractivity contribution in [2.75, 3.05) is 13.7 Å². The number of hydrogen-bond donors (Lipinski definition) is 1. The molecule has 1 aromatic heterocycles. The Hall–Kier alpha value is -3.28. The number of nitrogens with one attached hydrogen (secondary N) is 1. The number of rotatable bonds is 6. The summed E-state index contributed by atoms with van der Waals surface area (Å²) in [4.78, 5) is 23.4. The maximum absolute atomic E-state index is 12.0. The zero-order valence-corrected chi connectivity index (χ0v) is 14.6. The highest BCUT2D eigenvalue weighted by molar-refractivity contribution is 5.81. The Morgan fingerprint density at radius 1 is 1.08 bits per heavy atom. The highest BCUT2D eigenvalue weighted by Crippen LogP contribution is 2.22. The Labute approximate surface area is 150 Å². The van der Waals surface area contributed by atoms with E-state index in [1.54, 1.807) is 25.3 Å². The molecule has 0 unspecified atom stereocenters. The third-order valence-electron chi connectivity index (χ3n) is 3.94. The summed E-state index contributed by atoms with van der Waals surface area (Å²) in [6.45, 7) is 2.11. The van der Waals surface area contributed by atoms with Crippen molar-refractivity contribution in [1.29, 1.82) is 0 Å². The lowest BCUT2D eigenvalue weighted by Crippen LogP contribution is -2.28. The predicted molar refractivity (Wildman–Crippen MR) is 97.6 cm³/mol. The molecule has 3 aromatic rings. The Morgan fingerprint density at radius 3 is 2.54 bits per heavy atom. The number of benzene rings is 2. The minimum atomic E-state index is -0.413. The number of hydrogen-bond acceptors (Lipinski definition) is 5. The van der Waals surface area contributed by atoms with Crippen LogP contribution in [0.25, 0.3) is 11.0 Å². The molecular weight excluding hydrogens is 334 g/mol. The second kappa shape index (κ2) is 7.74. The first-order valence-corrected chi connectivity index (χ1v) is 8.12. The second-order valence-electron chi connectivity index (χ2n) is 5.82. The zero-order valence-electron chi connectivity index (χ0n) is 14.6. The van der Waals surface area contributed by atoms with Gasteiger partial charge in [0.1, 0.15) is 17.1 Å². The van der Waals surface area contributed by atoms with Gasteiger partial charge >= 0.3 is 5.63 Å². The van der Waals surface area contributed by atoms with Crippen LogP contribution in [0.3, 0.4) is 0 Å². The van der Waals surface area contributed by atoms with Gasteiger partial charge < -0.3 is 19.2 Å². The van der Waals surface area contributed by atoms with Crippen molar-refractivity contribution in [2.24, 2.45) is 0 Å². The molecule has 2 aromatic carbocycles. The summed E-state index contributed by atoms with van der Waals surface area (Å²) in [6.07, 6.45) is 0. The predicted octanol–water partition coefficient (Wildman–Crippen LogP) is 2.81. The van der Waals surface area contributed by atoms with Gasteiger partial charge in [-0.05, 0) is 42.3 Å². The molecule has 3 rings (SSSR count). The van der Waals surface area contributed by atoms with E-state index in [4.69, 9.17) is 13.9 Å². The maximum atomic E-state index is 12.0. The highest BCUT2D eigenvalue weighted by Gasteiger charge is 2.07. The van der Waals surface area contributed by atoms with E-state index in [0.29, 0.717) is 17.9 Å². The summed E-state index contributed by atoms with van der Waals surface area (Å²) in [6, 6.07) is 14.0. The van der Waals surface area contributed by atoms with Crippen molar-refractivity contribution in [1.82, 2.24) is 5.32 Å². The lowest BCUT2D eigenvalue weighted by molar-refractivity contribution is -0.123. The third kappa shape index (κ3) is 4.22. The highest BCUT2D eigenvalue weighted by atomic mass is 16.5. The monoisotopic (exact) mass is 353 g/mol. The summed E-state index contributed by atoms with van der Waals surface area (Å²) >= 11 is 0. The van der Waals surface area contributed by atoms with Crippen LogP contribution in [-0.4, -0.2) is 19.6 Å². The molecule has 1 heterocycles. The summed E-state index contributed by atoms with van der Waals surface area (Å²) in [5, 5.41) is 3.62. The molecule has 0 atom stereocenters. The van der Waals surface area contributed by atoms with Gasteiger partial charge in [-0.25, -0.2) is 4.79 Å². The largest absolute Gasteiger partial charge is 0.497 e. The molecule has 0 bridgehead atoms. The zero-order chi connectivity index (χ0) is 18.5. The van der Waals surface area contributed by atoms with Crippen molar-refractivity contribution in [3.05, 3.63) is 70.1 Å². The van der Waals surface area contributed by atoms with Crippen LogP contribution in [-0.2, 0) is 11.3 Å². The lowest BCUT2D eigenvalue weighted by Gasteiger charge is -2.09. The third-order valence-corrected chi connectivity index (χ3v) is 3.94. The van der Waals surface area contributed by atoms with Crippen molar-refractivity contribution in [3.63, 3.8) is 0 Å². The van der Waals surface area contributed by atoms with E-state index in [1.165, 1.54) is 6.07 Å². The van der Waals surface area contributed by atoms with Crippen LogP contribution in [0, 0.1) is 6.92 Å². The number of methoxy groups -OCH3 is 1. The smallest absolute Gasteiger partial charge is 0.336 e. The van der Waals surface area contributed by atoms with Crippen LogP contribution in [0.1, 0.15) is 11.1 Å². The maximum Gasteiger partial charge on any atom is 0.336 e. The summed E-state index contributed by atoms with van der Waals surface area (Å²) in [5.41, 5.74) is 1.82. The molecule has 0 aliphatic carbocycles. The van der Waals surface area contributed by atoms with Crippen LogP contribution in [0.15, 0.2) is 57.7 Å². The Kier molecular flexibility index (Phi) is 5.22. The molecule has 0 saturated carbocycles. The van der Waals surface area contributed by atoms with Crippen LogP contribution < -0.4 is 20.4 Å². The Morgan fingerprint density at radius 2 is 1.81 bits per heavy atom. The van der Waals surface area contributed by atoms with Crippen molar-refractivity contribution >= 4 is 16.9 Å². The molecule has 0 fully saturated rings. The average molecular weight is 353 g/mol. The fraction of sp³-hybridized carbons (Fsp3) is 0.200. The van der Waals surface area contributed by atoms with Gasteiger partial charge in [-0.1, -0.05) is 12.1 Å². The lowest BCUT2D eigenvalue weighted by atomic mass is 10.1. The number of carbonyl (C=O) groups is 1. The quantitative estimate of drug-likeness (QED) is 0.690. The van der Waals surface area contributed by atoms with Crippen LogP contribution in [0.5, 0.6) is 11.5 Å². The minimum Gasteiger partial charge on any atom is -0.497 e. The summed E-state index contributed by atoms with van der Waals surface area (Å²) in [7, 11) is 1.60. The molecule has 1 N–H and O–H groups in total. The van der Waals surface area contributed by atoms with Crippen molar-refractivity contribution in [3.8, 4) is 11.5 Å². The summed E-state index contributed by atoms with van der Waals surface area (Å²) < 4.78 is 15.7. The van der Waals surface area contributed by atoms with E-state index in [0.717, 1.165) is 22.3 Å². The van der Waals surface area contributed by atoms with Crippen LogP contribution in [0.2, 0.25) is 0 Å². The Bertz CT molecular complexity index is 976. The van der Waals surface area contributed by atoms with Gasteiger partial charge in [-0.2, -0.15) is 0 Å². The van der Waals surface area contributed by atoms with Gasteiger partial charge in [-0.3, -0.25) is 4.79 Å². The van der Waals surface area contributed by atoms with Gasteiger partial charge in [0.25, 0.3) is 5.91 Å². The van der Waals surface area contributed by atoms with Crippen molar-refractivity contribution in [2.45, 2.75) is 13.5 Å². The fourth-order valence-corrected chi connectivity index (χ4v) is 2.54. The van der Waals surface area contributed by atoms with E-state index < -0.39 is 5.63 Å². The number of aryl methyl sites for hydroxylation is 1. The van der Waals surface area contributed by atoms with Gasteiger partial charge in [0.15, 0.2) is 6.61 Å². The SMILES string of the molecule is COc1ccc(CNC(=O)COc2ccc3c(C)cc(=O)oc3c2)cc1. The number of fused-ring (bicyclic) bond motifs is 1. The van der Waals surface area contributed by atoms with Gasteiger partial charge in [0.2, 0.25) is 0 Å². The van der Waals surface area contributed by atoms with Crippen LogP contribution >= 0.6 is 0 Å². The van der Waals surface area contributed by atoms with E-state index >= 15 is 0 Å². The molecule has 26 heavy (non-hydrogen) atoms. The molecule has 6 nitrogen and oxygen atoms in total. The first-order valence-electron chi connectivity index (χ1n) is 8.12. The topological polar surface area (TPSA) is 77.8 Å². The van der Waals surface area contributed by atoms with Crippen molar-refractivity contribution < 1.29 is 18.7 Å². The molecule has 1 amide bonds. The molecule has 0 saturated heterocycles. The molecule has 0 spiro atoms. The minimum absolute atomic E-state index is 0.127. The van der Waals surface area contributed by atoms with E-state index in [1.807, 2.05) is 31.2 Å². The van der Waals surface area contributed by atoms with E-state index in [2.05, 4.69) is 5.32 Å². The first-order chi connectivity index (χ1) is 12.5.